The molecule has 17 heavy (non-hydrogen) atoms. The van der Waals surface area contributed by atoms with Gasteiger partial charge >= 0.3 is 5.97 Å². The van der Waals surface area contributed by atoms with Crippen LogP contribution in [0.2, 0.25) is 0 Å². The molecule has 6 nitrogen and oxygen atoms in total. The molecule has 0 fully saturated rings. The summed E-state index contributed by atoms with van der Waals surface area (Å²) in [7, 11) is 1.17. The van der Waals surface area contributed by atoms with Gasteiger partial charge in [0.05, 0.1) is 13.7 Å². The van der Waals surface area contributed by atoms with Crippen LogP contribution in [0.3, 0.4) is 0 Å². The molecule has 0 saturated carbocycles. The SMILES string of the molecule is COC(=O)C(CO)NC(=O)c1ncccc1Br. The van der Waals surface area contributed by atoms with Crippen LogP contribution < -0.4 is 5.32 Å². The Labute approximate surface area is 106 Å². The van der Waals surface area contributed by atoms with E-state index in [2.05, 4.69) is 31.0 Å². The standard InChI is InChI=1S/C10H11BrN2O4/c1-17-10(16)7(5-14)13-9(15)8-6(11)3-2-4-12-8/h2-4,7,14H,5H2,1H3,(H,13,15). The van der Waals surface area contributed by atoms with E-state index >= 15 is 0 Å². The molecule has 2 N–H and O–H groups in total. The van der Waals surface area contributed by atoms with Gasteiger partial charge in [0, 0.05) is 10.7 Å². The van der Waals surface area contributed by atoms with Crippen LogP contribution in [0, 0.1) is 0 Å². The molecule has 0 bridgehead atoms. The quantitative estimate of drug-likeness (QED) is 0.771. The zero-order valence-electron chi connectivity index (χ0n) is 9.01. The molecule has 0 radical (unpaired) electrons. The fourth-order valence-corrected chi connectivity index (χ4v) is 1.54. The molecule has 0 aliphatic heterocycles. The largest absolute Gasteiger partial charge is 0.467 e. The van der Waals surface area contributed by atoms with E-state index in [1.54, 1.807) is 12.1 Å². The number of aliphatic hydroxyl groups is 1. The minimum Gasteiger partial charge on any atom is -0.467 e. The first kappa shape index (κ1) is 13.6. The number of rotatable bonds is 4. The second-order valence-electron chi connectivity index (χ2n) is 3.07. The summed E-state index contributed by atoms with van der Waals surface area (Å²) >= 11 is 3.16. The van der Waals surface area contributed by atoms with Crippen molar-refractivity contribution in [1.82, 2.24) is 10.3 Å². The Balaban J connectivity index is 2.78. The van der Waals surface area contributed by atoms with Crippen molar-refractivity contribution in [3.8, 4) is 0 Å². The van der Waals surface area contributed by atoms with E-state index in [0.29, 0.717) is 4.47 Å². The molecule has 0 spiro atoms. The highest BCUT2D eigenvalue weighted by Crippen LogP contribution is 2.12. The second-order valence-corrected chi connectivity index (χ2v) is 3.92. The van der Waals surface area contributed by atoms with E-state index in [9.17, 15) is 9.59 Å². The first-order chi connectivity index (χ1) is 8.10. The predicted octanol–water partition coefficient (Wildman–Crippen LogP) is 0.108. The van der Waals surface area contributed by atoms with Crippen molar-refractivity contribution in [2.45, 2.75) is 6.04 Å². The molecule has 0 aliphatic rings. The summed E-state index contributed by atoms with van der Waals surface area (Å²) in [6.07, 6.45) is 1.45. The Kier molecular flexibility index (Phi) is 5.05. The smallest absolute Gasteiger partial charge is 0.330 e. The number of carbonyl (C=O) groups excluding carboxylic acids is 2. The number of halogens is 1. The summed E-state index contributed by atoms with van der Waals surface area (Å²) in [5.74, 6) is -1.28. The Hall–Kier alpha value is -1.47. The van der Waals surface area contributed by atoms with E-state index in [-0.39, 0.29) is 5.69 Å². The maximum atomic E-state index is 11.7. The van der Waals surface area contributed by atoms with Crippen LogP contribution in [-0.4, -0.2) is 41.7 Å². The molecule has 1 amide bonds. The van der Waals surface area contributed by atoms with Crippen LogP contribution in [0.4, 0.5) is 0 Å². The number of aromatic nitrogens is 1. The molecule has 1 aromatic heterocycles. The third kappa shape index (κ3) is 3.50. The summed E-state index contributed by atoms with van der Waals surface area (Å²) in [6.45, 7) is -0.539. The van der Waals surface area contributed by atoms with Crippen LogP contribution in [0.5, 0.6) is 0 Å². The molecule has 1 heterocycles. The molecule has 1 atom stereocenters. The number of amides is 1. The topological polar surface area (TPSA) is 88.5 Å². The number of aliphatic hydroxyl groups excluding tert-OH is 1. The van der Waals surface area contributed by atoms with Crippen molar-refractivity contribution in [1.29, 1.82) is 0 Å². The molecule has 0 saturated heterocycles. The van der Waals surface area contributed by atoms with Gasteiger partial charge in [-0.05, 0) is 28.1 Å². The maximum Gasteiger partial charge on any atom is 0.330 e. The molecule has 0 aromatic carbocycles. The molecular formula is C10H11BrN2O4. The van der Waals surface area contributed by atoms with Gasteiger partial charge in [0.1, 0.15) is 5.69 Å². The van der Waals surface area contributed by atoms with Gasteiger partial charge in [-0.25, -0.2) is 9.78 Å². The van der Waals surface area contributed by atoms with E-state index in [1.807, 2.05) is 0 Å². The molecular weight excluding hydrogens is 292 g/mol. The van der Waals surface area contributed by atoms with Gasteiger partial charge in [0.25, 0.3) is 5.91 Å². The van der Waals surface area contributed by atoms with Crippen molar-refractivity contribution in [3.05, 3.63) is 28.5 Å². The summed E-state index contributed by atoms with van der Waals surface area (Å²) in [6, 6.07) is 2.21. The van der Waals surface area contributed by atoms with Crippen LogP contribution >= 0.6 is 15.9 Å². The highest BCUT2D eigenvalue weighted by molar-refractivity contribution is 9.10. The van der Waals surface area contributed by atoms with E-state index in [0.717, 1.165) is 0 Å². The molecule has 1 unspecified atom stereocenters. The Morgan fingerprint density at radius 2 is 2.35 bits per heavy atom. The average Bonchev–Trinajstić information content (AvgIpc) is 2.35. The third-order valence-corrected chi connectivity index (χ3v) is 2.59. The highest BCUT2D eigenvalue weighted by atomic mass is 79.9. The minimum absolute atomic E-state index is 0.134. The van der Waals surface area contributed by atoms with Crippen molar-refractivity contribution < 1.29 is 19.4 Å². The zero-order valence-corrected chi connectivity index (χ0v) is 10.6. The van der Waals surface area contributed by atoms with Crippen molar-refractivity contribution in [2.24, 2.45) is 0 Å². The Morgan fingerprint density at radius 3 is 2.88 bits per heavy atom. The molecule has 92 valence electrons. The number of nitrogens with one attached hydrogen (secondary N) is 1. The highest BCUT2D eigenvalue weighted by Gasteiger charge is 2.22. The van der Waals surface area contributed by atoms with E-state index in [4.69, 9.17) is 5.11 Å². The summed E-state index contributed by atoms with van der Waals surface area (Å²) in [5.41, 5.74) is 0.134. The van der Waals surface area contributed by atoms with Gasteiger partial charge < -0.3 is 15.2 Å². The lowest BCUT2D eigenvalue weighted by atomic mass is 10.2. The fourth-order valence-electron chi connectivity index (χ4n) is 1.10. The number of hydrogen-bond donors (Lipinski definition) is 2. The lowest BCUT2D eigenvalue weighted by Gasteiger charge is -2.13. The molecule has 0 aliphatic carbocycles. The van der Waals surface area contributed by atoms with Crippen molar-refractivity contribution >= 4 is 27.8 Å². The van der Waals surface area contributed by atoms with Gasteiger partial charge in [-0.3, -0.25) is 4.79 Å². The number of carbonyl (C=O) groups is 2. The van der Waals surface area contributed by atoms with Gasteiger partial charge in [-0.15, -0.1) is 0 Å². The van der Waals surface area contributed by atoms with Crippen LogP contribution in [-0.2, 0) is 9.53 Å². The van der Waals surface area contributed by atoms with Gasteiger partial charge in [-0.1, -0.05) is 0 Å². The normalized spacial score (nSPS) is 11.7. The fraction of sp³-hybridized carbons (Fsp3) is 0.300. The summed E-state index contributed by atoms with van der Waals surface area (Å²) in [5, 5.41) is 11.3. The number of esters is 1. The molecule has 1 aromatic rings. The summed E-state index contributed by atoms with van der Waals surface area (Å²) in [4.78, 5) is 26.8. The van der Waals surface area contributed by atoms with Gasteiger partial charge in [0.2, 0.25) is 0 Å². The number of hydrogen-bond acceptors (Lipinski definition) is 5. The molecule has 1 rings (SSSR count). The third-order valence-electron chi connectivity index (χ3n) is 1.95. The molecule has 7 heteroatoms. The lowest BCUT2D eigenvalue weighted by Crippen LogP contribution is -2.44. The van der Waals surface area contributed by atoms with Gasteiger partial charge in [-0.2, -0.15) is 0 Å². The summed E-state index contributed by atoms with van der Waals surface area (Å²) < 4.78 is 4.92. The van der Waals surface area contributed by atoms with Crippen molar-refractivity contribution in [3.63, 3.8) is 0 Å². The predicted molar refractivity (Wildman–Crippen MR) is 62.3 cm³/mol. The Morgan fingerprint density at radius 1 is 1.65 bits per heavy atom. The maximum absolute atomic E-state index is 11.7. The first-order valence-electron chi connectivity index (χ1n) is 4.70. The van der Waals surface area contributed by atoms with E-state index in [1.165, 1.54) is 13.3 Å². The van der Waals surface area contributed by atoms with Crippen LogP contribution in [0.1, 0.15) is 10.5 Å². The van der Waals surface area contributed by atoms with E-state index < -0.39 is 24.5 Å². The van der Waals surface area contributed by atoms with Crippen LogP contribution in [0.15, 0.2) is 22.8 Å². The lowest BCUT2D eigenvalue weighted by molar-refractivity contribution is -0.143. The number of pyridine rings is 1. The number of ether oxygens (including phenoxy) is 1. The average molecular weight is 303 g/mol. The van der Waals surface area contributed by atoms with Crippen molar-refractivity contribution in [2.75, 3.05) is 13.7 Å². The number of nitrogens with zero attached hydrogens (tertiary/aromatic N) is 1. The second kappa shape index (κ2) is 6.31. The van der Waals surface area contributed by atoms with Gasteiger partial charge in [0.15, 0.2) is 6.04 Å². The first-order valence-corrected chi connectivity index (χ1v) is 5.49. The zero-order chi connectivity index (χ0) is 12.8. The Bertz CT molecular complexity index is 425. The monoisotopic (exact) mass is 302 g/mol. The minimum atomic E-state index is -1.10. The van der Waals surface area contributed by atoms with Crippen LogP contribution in [0.25, 0.3) is 0 Å². The number of methoxy groups -OCH3 is 1.